The second kappa shape index (κ2) is 7.70. The van der Waals surface area contributed by atoms with E-state index in [1.165, 1.54) is 5.56 Å². The monoisotopic (exact) mass is 339 g/mol. The minimum atomic E-state index is -0.322. The summed E-state index contributed by atoms with van der Waals surface area (Å²) in [5.41, 5.74) is 1.48. The maximum atomic E-state index is 12.7. The van der Waals surface area contributed by atoms with Crippen LogP contribution in [0.1, 0.15) is 41.6 Å². The topological polar surface area (TPSA) is 58.6 Å². The third kappa shape index (κ3) is 3.85. The highest BCUT2D eigenvalue weighted by Crippen LogP contribution is 2.39. The van der Waals surface area contributed by atoms with Gasteiger partial charge < -0.3 is 15.2 Å². The van der Waals surface area contributed by atoms with Crippen molar-refractivity contribution in [3.63, 3.8) is 0 Å². The van der Waals surface area contributed by atoms with E-state index in [9.17, 15) is 9.90 Å². The molecular weight excluding hydrogens is 314 g/mol. The van der Waals surface area contributed by atoms with E-state index in [1.807, 2.05) is 30.3 Å². The summed E-state index contributed by atoms with van der Waals surface area (Å²) in [6.07, 6.45) is 3.09. The van der Waals surface area contributed by atoms with Gasteiger partial charge in [0.1, 0.15) is 5.75 Å². The number of ether oxygens (including phenoxy) is 1. The molecule has 0 bridgehead atoms. The zero-order chi connectivity index (χ0) is 17.7. The van der Waals surface area contributed by atoms with Gasteiger partial charge in [-0.2, -0.15) is 0 Å². The Bertz CT molecular complexity index is 716. The number of hydrogen-bond acceptors (Lipinski definition) is 3. The van der Waals surface area contributed by atoms with Crippen LogP contribution in [-0.2, 0) is 5.41 Å². The average Bonchev–Trinajstić information content (AvgIpc) is 2.67. The van der Waals surface area contributed by atoms with Gasteiger partial charge in [-0.3, -0.25) is 4.79 Å². The number of rotatable bonds is 5. The van der Waals surface area contributed by atoms with Crippen LogP contribution in [0.25, 0.3) is 0 Å². The number of nitrogens with one attached hydrogen (secondary N) is 1. The highest BCUT2D eigenvalue weighted by Gasteiger charge is 2.37. The molecule has 0 aliphatic heterocycles. The van der Waals surface area contributed by atoms with Crippen molar-refractivity contribution in [2.75, 3.05) is 13.7 Å². The van der Waals surface area contributed by atoms with Crippen LogP contribution in [0.4, 0.5) is 0 Å². The van der Waals surface area contributed by atoms with E-state index in [-0.39, 0.29) is 17.4 Å². The third-order valence-corrected chi connectivity index (χ3v) is 5.14. The van der Waals surface area contributed by atoms with Gasteiger partial charge in [-0.05, 0) is 43.4 Å². The third-order valence-electron chi connectivity index (χ3n) is 5.14. The van der Waals surface area contributed by atoms with Crippen LogP contribution in [0.5, 0.6) is 5.75 Å². The van der Waals surface area contributed by atoms with Crippen LogP contribution in [0.2, 0.25) is 0 Å². The van der Waals surface area contributed by atoms with E-state index < -0.39 is 0 Å². The molecule has 0 aromatic heterocycles. The Labute approximate surface area is 148 Å². The van der Waals surface area contributed by atoms with Crippen molar-refractivity contribution >= 4 is 5.91 Å². The normalized spacial score (nSPS) is 23.0. The van der Waals surface area contributed by atoms with Crippen LogP contribution in [0, 0.1) is 0 Å². The second-order valence-corrected chi connectivity index (χ2v) is 6.78. The Kier molecular flexibility index (Phi) is 5.39. The summed E-state index contributed by atoms with van der Waals surface area (Å²) in [7, 11) is 1.56. The highest BCUT2D eigenvalue weighted by atomic mass is 16.5. The minimum absolute atomic E-state index is 0.146. The van der Waals surface area contributed by atoms with E-state index in [0.717, 1.165) is 19.3 Å². The van der Waals surface area contributed by atoms with E-state index in [4.69, 9.17) is 4.74 Å². The van der Waals surface area contributed by atoms with Gasteiger partial charge in [-0.15, -0.1) is 0 Å². The first kappa shape index (κ1) is 17.5. The quantitative estimate of drug-likeness (QED) is 0.879. The molecule has 0 saturated heterocycles. The maximum Gasteiger partial charge on any atom is 0.255 e. The van der Waals surface area contributed by atoms with E-state index in [0.29, 0.717) is 24.3 Å². The van der Waals surface area contributed by atoms with E-state index in [2.05, 4.69) is 17.4 Å². The fourth-order valence-electron chi connectivity index (χ4n) is 3.82. The van der Waals surface area contributed by atoms with E-state index in [1.54, 1.807) is 19.2 Å². The Morgan fingerprint density at radius 3 is 2.64 bits per heavy atom. The Morgan fingerprint density at radius 2 is 1.92 bits per heavy atom. The Morgan fingerprint density at radius 1 is 1.20 bits per heavy atom. The van der Waals surface area contributed by atoms with Crippen molar-refractivity contribution in [2.24, 2.45) is 0 Å². The SMILES string of the molecule is COc1ccccc1C(=O)NC[C@@]1(c2ccccc2)CCC[C@@H](O)C1. The molecule has 2 aromatic rings. The number of carbonyl (C=O) groups excluding carboxylic acids is 1. The number of methoxy groups -OCH3 is 1. The molecule has 4 heteroatoms. The first-order valence-corrected chi connectivity index (χ1v) is 8.79. The molecule has 1 amide bonds. The summed E-state index contributed by atoms with van der Waals surface area (Å²) in [5, 5.41) is 13.3. The lowest BCUT2D eigenvalue weighted by Gasteiger charge is -2.40. The van der Waals surface area contributed by atoms with Gasteiger partial charge in [-0.25, -0.2) is 0 Å². The summed E-state index contributed by atoms with van der Waals surface area (Å²) in [4.78, 5) is 12.7. The molecule has 132 valence electrons. The summed E-state index contributed by atoms with van der Waals surface area (Å²) in [6, 6.07) is 17.4. The highest BCUT2D eigenvalue weighted by molar-refractivity contribution is 5.96. The lowest BCUT2D eigenvalue weighted by molar-refractivity contribution is 0.0770. The molecular formula is C21H25NO3. The predicted molar refractivity (Wildman–Crippen MR) is 97.9 cm³/mol. The van der Waals surface area contributed by atoms with Gasteiger partial charge in [0.25, 0.3) is 5.91 Å². The molecule has 0 spiro atoms. The lowest BCUT2D eigenvalue weighted by Crippen LogP contribution is -2.45. The van der Waals surface area contributed by atoms with Crippen LogP contribution in [0.15, 0.2) is 54.6 Å². The molecule has 2 atom stereocenters. The number of aliphatic hydroxyl groups excluding tert-OH is 1. The van der Waals surface area contributed by atoms with Crippen molar-refractivity contribution in [1.29, 1.82) is 0 Å². The molecule has 3 rings (SSSR count). The Balaban J connectivity index is 1.81. The van der Waals surface area contributed by atoms with Gasteiger partial charge in [0.05, 0.1) is 18.8 Å². The zero-order valence-corrected chi connectivity index (χ0v) is 14.6. The van der Waals surface area contributed by atoms with Crippen molar-refractivity contribution in [3.8, 4) is 5.75 Å². The van der Waals surface area contributed by atoms with Gasteiger partial charge in [0.15, 0.2) is 0 Å². The fraction of sp³-hybridized carbons (Fsp3) is 0.381. The molecule has 0 heterocycles. The predicted octanol–water partition coefficient (Wildman–Crippen LogP) is 3.30. The number of hydrogen-bond donors (Lipinski definition) is 2. The van der Waals surface area contributed by atoms with Gasteiger partial charge in [-0.1, -0.05) is 42.5 Å². The molecule has 25 heavy (non-hydrogen) atoms. The maximum absolute atomic E-state index is 12.7. The summed E-state index contributed by atoms with van der Waals surface area (Å²) in [6.45, 7) is 0.505. The molecule has 4 nitrogen and oxygen atoms in total. The first-order valence-electron chi connectivity index (χ1n) is 8.79. The molecule has 1 fully saturated rings. The average molecular weight is 339 g/mol. The number of para-hydroxylation sites is 1. The van der Waals surface area contributed by atoms with Crippen molar-refractivity contribution in [2.45, 2.75) is 37.2 Å². The molecule has 1 saturated carbocycles. The smallest absolute Gasteiger partial charge is 0.255 e. The van der Waals surface area contributed by atoms with Crippen molar-refractivity contribution in [3.05, 3.63) is 65.7 Å². The number of aliphatic hydroxyl groups is 1. The van der Waals surface area contributed by atoms with E-state index >= 15 is 0 Å². The minimum Gasteiger partial charge on any atom is -0.496 e. The summed E-state index contributed by atoms with van der Waals surface area (Å²) in [5.74, 6) is 0.422. The van der Waals surface area contributed by atoms with Gasteiger partial charge >= 0.3 is 0 Å². The molecule has 0 radical (unpaired) electrons. The number of benzene rings is 2. The fourth-order valence-corrected chi connectivity index (χ4v) is 3.82. The van der Waals surface area contributed by atoms with Crippen molar-refractivity contribution < 1.29 is 14.6 Å². The van der Waals surface area contributed by atoms with Crippen LogP contribution >= 0.6 is 0 Å². The van der Waals surface area contributed by atoms with Gasteiger partial charge in [0.2, 0.25) is 0 Å². The lowest BCUT2D eigenvalue weighted by atomic mass is 9.68. The van der Waals surface area contributed by atoms with Gasteiger partial charge in [0, 0.05) is 12.0 Å². The molecule has 1 aliphatic rings. The largest absolute Gasteiger partial charge is 0.496 e. The summed E-state index contributed by atoms with van der Waals surface area (Å²) >= 11 is 0. The zero-order valence-electron chi connectivity index (χ0n) is 14.6. The molecule has 2 N–H and O–H groups in total. The number of carbonyl (C=O) groups is 1. The van der Waals surface area contributed by atoms with Crippen LogP contribution < -0.4 is 10.1 Å². The van der Waals surface area contributed by atoms with Crippen LogP contribution in [0.3, 0.4) is 0 Å². The van der Waals surface area contributed by atoms with Crippen LogP contribution in [-0.4, -0.2) is 30.8 Å². The summed E-state index contributed by atoms with van der Waals surface area (Å²) < 4.78 is 5.28. The molecule has 0 unspecified atom stereocenters. The second-order valence-electron chi connectivity index (χ2n) is 6.78. The number of amides is 1. The standard InChI is InChI=1S/C21H25NO3/c1-25-19-12-6-5-11-18(19)20(24)22-15-21(13-7-10-17(23)14-21)16-8-3-2-4-9-16/h2-6,8-9,11-12,17,23H,7,10,13-15H2,1H3,(H,22,24)/t17-,21-/m1/s1. The van der Waals surface area contributed by atoms with Crippen molar-refractivity contribution in [1.82, 2.24) is 5.32 Å². The molecule has 2 aromatic carbocycles. The molecule has 1 aliphatic carbocycles. The Hall–Kier alpha value is -2.33. The first-order chi connectivity index (χ1) is 12.1.